The predicted octanol–water partition coefficient (Wildman–Crippen LogP) is 5.17. The lowest BCUT2D eigenvalue weighted by molar-refractivity contribution is -0.114. The summed E-state index contributed by atoms with van der Waals surface area (Å²) in [6, 6.07) is 15.1. The number of hydrogen-bond donors (Lipinski definition) is 2. The van der Waals surface area contributed by atoms with Crippen LogP contribution in [0.1, 0.15) is 6.92 Å². The Balaban J connectivity index is 1.76. The Morgan fingerprint density at radius 3 is 2.57 bits per heavy atom. The Kier molecular flexibility index (Phi) is 4.60. The van der Waals surface area contributed by atoms with Gasteiger partial charge >= 0.3 is 0 Å². The predicted molar refractivity (Wildman–Crippen MR) is 96.6 cm³/mol. The van der Waals surface area contributed by atoms with Crippen molar-refractivity contribution in [3.63, 3.8) is 0 Å². The van der Waals surface area contributed by atoms with Crippen LogP contribution in [-0.2, 0) is 4.79 Å². The molecule has 0 fully saturated rings. The molecule has 0 bridgehead atoms. The molecule has 116 valence electrons. The molecule has 23 heavy (non-hydrogen) atoms. The van der Waals surface area contributed by atoms with Gasteiger partial charge in [-0.05, 0) is 24.3 Å². The number of benzene rings is 2. The lowest BCUT2D eigenvalue weighted by Gasteiger charge is -2.04. The molecule has 3 rings (SSSR count). The summed E-state index contributed by atoms with van der Waals surface area (Å²) in [4.78, 5) is 15.6. The number of carbonyl (C=O) groups is 1. The minimum atomic E-state index is -0.0855. The van der Waals surface area contributed by atoms with Gasteiger partial charge in [0.2, 0.25) is 5.91 Å². The molecule has 0 aliphatic carbocycles. The van der Waals surface area contributed by atoms with Crippen LogP contribution in [0.3, 0.4) is 0 Å². The van der Waals surface area contributed by atoms with Crippen LogP contribution in [0.4, 0.5) is 16.5 Å². The molecule has 0 aliphatic heterocycles. The average molecular weight is 344 g/mol. The number of hydrogen-bond acceptors (Lipinski definition) is 4. The number of carbonyl (C=O) groups excluding carboxylic acids is 1. The molecule has 0 saturated heterocycles. The van der Waals surface area contributed by atoms with Crippen molar-refractivity contribution in [2.45, 2.75) is 6.92 Å². The van der Waals surface area contributed by atoms with Crippen molar-refractivity contribution in [2.24, 2.45) is 0 Å². The Morgan fingerprint density at radius 2 is 1.87 bits per heavy atom. The molecule has 0 atom stereocenters. The third-order valence-corrected chi connectivity index (χ3v) is 4.21. The highest BCUT2D eigenvalue weighted by Crippen LogP contribution is 2.30. The second kappa shape index (κ2) is 6.81. The Labute approximate surface area is 143 Å². The number of rotatable bonds is 4. The molecule has 0 spiro atoms. The summed E-state index contributed by atoms with van der Waals surface area (Å²) in [5.41, 5.74) is 3.46. The summed E-state index contributed by atoms with van der Waals surface area (Å²) in [6.45, 7) is 1.49. The highest BCUT2D eigenvalue weighted by atomic mass is 35.5. The van der Waals surface area contributed by atoms with E-state index in [1.54, 1.807) is 0 Å². The smallest absolute Gasteiger partial charge is 0.221 e. The molecule has 0 saturated carbocycles. The summed E-state index contributed by atoms with van der Waals surface area (Å²) >= 11 is 7.65. The van der Waals surface area contributed by atoms with E-state index in [-0.39, 0.29) is 5.91 Å². The third-order valence-electron chi connectivity index (χ3n) is 3.12. The van der Waals surface area contributed by atoms with Crippen LogP contribution in [0, 0.1) is 0 Å². The minimum Gasteiger partial charge on any atom is -0.330 e. The first-order valence-electron chi connectivity index (χ1n) is 6.97. The van der Waals surface area contributed by atoms with E-state index < -0.39 is 0 Å². The standard InChI is InChI=1S/C17H14ClN3OS/c1-11(22)19-13-8-6-12(7-9-13)16-10-23-17(21-16)20-15-5-3-2-4-14(15)18/h2-10H,1H3,(H,19,22)(H,20,21). The molecule has 6 heteroatoms. The van der Waals surface area contributed by atoms with Crippen molar-refractivity contribution in [1.82, 2.24) is 4.98 Å². The van der Waals surface area contributed by atoms with E-state index in [2.05, 4.69) is 15.6 Å². The zero-order valence-corrected chi connectivity index (χ0v) is 13.9. The highest BCUT2D eigenvalue weighted by Gasteiger charge is 2.07. The molecule has 0 radical (unpaired) electrons. The largest absolute Gasteiger partial charge is 0.330 e. The van der Waals surface area contributed by atoms with E-state index in [1.165, 1.54) is 18.3 Å². The van der Waals surface area contributed by atoms with Crippen LogP contribution in [0.25, 0.3) is 11.3 Å². The molecule has 0 unspecified atom stereocenters. The van der Waals surface area contributed by atoms with E-state index in [4.69, 9.17) is 11.6 Å². The SMILES string of the molecule is CC(=O)Nc1ccc(-c2csc(Nc3ccccc3Cl)n2)cc1. The maximum Gasteiger partial charge on any atom is 0.221 e. The van der Waals surface area contributed by atoms with E-state index >= 15 is 0 Å². The van der Waals surface area contributed by atoms with Gasteiger partial charge in [0.1, 0.15) is 0 Å². The molecule has 1 aromatic heterocycles. The highest BCUT2D eigenvalue weighted by molar-refractivity contribution is 7.14. The van der Waals surface area contributed by atoms with E-state index in [9.17, 15) is 4.79 Å². The first-order chi connectivity index (χ1) is 11.1. The lowest BCUT2D eigenvalue weighted by Crippen LogP contribution is -2.05. The van der Waals surface area contributed by atoms with Crippen LogP contribution >= 0.6 is 22.9 Å². The zero-order chi connectivity index (χ0) is 16.2. The fourth-order valence-corrected chi connectivity index (χ4v) is 2.98. The summed E-state index contributed by atoms with van der Waals surface area (Å²) in [6.07, 6.45) is 0. The van der Waals surface area contributed by atoms with Gasteiger partial charge in [-0.25, -0.2) is 4.98 Å². The first-order valence-corrected chi connectivity index (χ1v) is 8.23. The number of anilines is 3. The second-order valence-electron chi connectivity index (χ2n) is 4.90. The summed E-state index contributed by atoms with van der Waals surface area (Å²) < 4.78 is 0. The Morgan fingerprint density at radius 1 is 1.13 bits per heavy atom. The van der Waals surface area contributed by atoms with E-state index in [0.717, 1.165) is 27.8 Å². The number of aromatic nitrogens is 1. The van der Waals surface area contributed by atoms with Crippen LogP contribution in [0.2, 0.25) is 5.02 Å². The first kappa shape index (κ1) is 15.5. The monoisotopic (exact) mass is 343 g/mol. The molecule has 2 aromatic carbocycles. The molecule has 3 aromatic rings. The average Bonchev–Trinajstić information content (AvgIpc) is 2.98. The third kappa shape index (κ3) is 3.88. The van der Waals surface area contributed by atoms with Crippen molar-refractivity contribution >= 4 is 45.4 Å². The van der Waals surface area contributed by atoms with Crippen LogP contribution in [-0.4, -0.2) is 10.9 Å². The van der Waals surface area contributed by atoms with Gasteiger partial charge in [0.15, 0.2) is 5.13 Å². The van der Waals surface area contributed by atoms with Crippen molar-refractivity contribution in [1.29, 1.82) is 0 Å². The number of amides is 1. The summed E-state index contributed by atoms with van der Waals surface area (Å²) in [5, 5.41) is 9.37. The van der Waals surface area contributed by atoms with Crippen molar-refractivity contribution in [3.8, 4) is 11.3 Å². The summed E-state index contributed by atoms with van der Waals surface area (Å²) in [7, 11) is 0. The quantitative estimate of drug-likeness (QED) is 0.687. The Bertz CT molecular complexity index is 830. The van der Waals surface area contributed by atoms with Crippen LogP contribution in [0.15, 0.2) is 53.9 Å². The topological polar surface area (TPSA) is 54.0 Å². The fraction of sp³-hybridized carbons (Fsp3) is 0.0588. The molecule has 1 amide bonds. The molecular formula is C17H14ClN3OS. The van der Waals surface area contributed by atoms with Gasteiger partial charge in [-0.1, -0.05) is 35.9 Å². The molecule has 1 heterocycles. The zero-order valence-electron chi connectivity index (χ0n) is 12.3. The fourth-order valence-electron chi connectivity index (χ4n) is 2.07. The Hall–Kier alpha value is -2.37. The molecule has 4 nitrogen and oxygen atoms in total. The van der Waals surface area contributed by atoms with Gasteiger partial charge < -0.3 is 10.6 Å². The van der Waals surface area contributed by atoms with Gasteiger partial charge in [0.05, 0.1) is 16.4 Å². The number of thiazole rings is 1. The van der Waals surface area contributed by atoms with E-state index in [1.807, 2.05) is 53.9 Å². The van der Waals surface area contributed by atoms with Gasteiger partial charge in [-0.2, -0.15) is 0 Å². The van der Waals surface area contributed by atoms with Crippen LogP contribution < -0.4 is 10.6 Å². The summed E-state index contributed by atoms with van der Waals surface area (Å²) in [5.74, 6) is -0.0855. The molecule has 2 N–H and O–H groups in total. The second-order valence-corrected chi connectivity index (χ2v) is 6.17. The van der Waals surface area contributed by atoms with Gasteiger partial charge in [-0.3, -0.25) is 4.79 Å². The van der Waals surface area contributed by atoms with Gasteiger partial charge in [-0.15, -0.1) is 11.3 Å². The van der Waals surface area contributed by atoms with Crippen molar-refractivity contribution < 1.29 is 4.79 Å². The number of para-hydroxylation sites is 1. The number of halogens is 1. The maximum atomic E-state index is 11.0. The number of nitrogens with one attached hydrogen (secondary N) is 2. The maximum absolute atomic E-state index is 11.0. The van der Waals surface area contributed by atoms with Crippen LogP contribution in [0.5, 0.6) is 0 Å². The van der Waals surface area contributed by atoms with Gasteiger partial charge in [0, 0.05) is 23.6 Å². The van der Waals surface area contributed by atoms with Crippen molar-refractivity contribution in [2.75, 3.05) is 10.6 Å². The van der Waals surface area contributed by atoms with Gasteiger partial charge in [0.25, 0.3) is 0 Å². The molecule has 0 aliphatic rings. The number of nitrogens with zero attached hydrogens (tertiary/aromatic N) is 1. The van der Waals surface area contributed by atoms with Crippen molar-refractivity contribution in [3.05, 3.63) is 58.9 Å². The molecular weight excluding hydrogens is 330 g/mol. The van der Waals surface area contributed by atoms with E-state index in [0.29, 0.717) is 5.02 Å². The minimum absolute atomic E-state index is 0.0855. The lowest BCUT2D eigenvalue weighted by atomic mass is 10.1. The normalized spacial score (nSPS) is 10.3.